The Morgan fingerprint density at radius 1 is 1.14 bits per heavy atom. The maximum Gasteiger partial charge on any atom is 0.347 e. The molecule has 2 aromatic carbocycles. The van der Waals surface area contributed by atoms with Crippen LogP contribution in [0, 0.1) is 0 Å². The Bertz CT molecular complexity index is 1290. The molecule has 0 aliphatic heterocycles. The van der Waals surface area contributed by atoms with Gasteiger partial charge in [-0.25, -0.2) is 9.78 Å². The second-order valence-corrected chi connectivity index (χ2v) is 8.83. The summed E-state index contributed by atoms with van der Waals surface area (Å²) in [6.07, 6.45) is 0.648. The first-order valence-electron chi connectivity index (χ1n) is 11.1. The van der Waals surface area contributed by atoms with Crippen LogP contribution in [0.3, 0.4) is 0 Å². The van der Waals surface area contributed by atoms with Gasteiger partial charge >= 0.3 is 5.97 Å². The molecule has 1 heterocycles. The molecule has 0 saturated heterocycles. The average Bonchev–Trinajstić information content (AvgIpc) is 2.83. The highest BCUT2D eigenvalue weighted by atomic mass is 79.9. The maximum absolute atomic E-state index is 13.2. The minimum atomic E-state index is -0.868. The van der Waals surface area contributed by atoms with E-state index in [1.807, 2.05) is 19.9 Å². The van der Waals surface area contributed by atoms with Crippen molar-refractivity contribution in [2.24, 2.45) is 5.10 Å². The Morgan fingerprint density at radius 3 is 2.37 bits per heavy atom. The zero-order valence-corrected chi connectivity index (χ0v) is 22.1. The van der Waals surface area contributed by atoms with Crippen molar-refractivity contribution in [3.8, 4) is 17.2 Å². The van der Waals surface area contributed by atoms with Crippen LogP contribution < -0.4 is 19.8 Å². The van der Waals surface area contributed by atoms with E-state index in [1.165, 1.54) is 25.1 Å². The Kier molecular flexibility index (Phi) is 8.50. The molecule has 9 nitrogen and oxygen atoms in total. The molecule has 0 unspecified atom stereocenters. The number of halogens is 1. The smallest absolute Gasteiger partial charge is 0.347 e. The van der Waals surface area contributed by atoms with Gasteiger partial charge in [0.15, 0.2) is 17.6 Å². The largest absolute Gasteiger partial charge is 0.493 e. The van der Waals surface area contributed by atoms with Crippen molar-refractivity contribution in [2.75, 3.05) is 20.8 Å². The second kappa shape index (κ2) is 11.4. The van der Waals surface area contributed by atoms with Gasteiger partial charge in [-0.2, -0.15) is 9.78 Å². The highest BCUT2D eigenvalue weighted by Crippen LogP contribution is 2.39. The molecular formula is C25H28BrN3O6. The summed E-state index contributed by atoms with van der Waals surface area (Å²) in [6, 6.07) is 8.71. The lowest BCUT2D eigenvalue weighted by Crippen LogP contribution is -2.26. The Morgan fingerprint density at radius 2 is 1.80 bits per heavy atom. The molecule has 1 atom stereocenters. The molecule has 35 heavy (non-hydrogen) atoms. The predicted octanol–water partition coefficient (Wildman–Crippen LogP) is 4.51. The molecule has 0 N–H and O–H groups in total. The summed E-state index contributed by atoms with van der Waals surface area (Å²) < 4.78 is 23.8. The van der Waals surface area contributed by atoms with Crippen LogP contribution in [0.2, 0.25) is 0 Å². The van der Waals surface area contributed by atoms with Crippen LogP contribution in [-0.2, 0) is 9.53 Å². The number of aromatic nitrogens is 2. The molecule has 0 fully saturated rings. The van der Waals surface area contributed by atoms with Crippen molar-refractivity contribution < 1.29 is 23.7 Å². The lowest BCUT2D eigenvalue weighted by molar-refractivity contribution is -0.150. The minimum absolute atomic E-state index is 0.0443. The van der Waals surface area contributed by atoms with Gasteiger partial charge in [0.05, 0.1) is 37.9 Å². The van der Waals surface area contributed by atoms with E-state index in [1.54, 1.807) is 38.1 Å². The minimum Gasteiger partial charge on any atom is -0.493 e. The summed E-state index contributed by atoms with van der Waals surface area (Å²) >= 11 is 3.40. The van der Waals surface area contributed by atoms with Crippen molar-refractivity contribution in [2.45, 2.75) is 39.7 Å². The van der Waals surface area contributed by atoms with Gasteiger partial charge in [-0.1, -0.05) is 29.8 Å². The Balaban J connectivity index is 2.06. The monoisotopic (exact) mass is 545 g/mol. The number of benzene rings is 2. The van der Waals surface area contributed by atoms with Gasteiger partial charge in [0.2, 0.25) is 5.75 Å². The molecule has 186 valence electrons. The summed E-state index contributed by atoms with van der Waals surface area (Å²) in [6.45, 7) is 7.44. The number of hydrogen-bond donors (Lipinski definition) is 0. The van der Waals surface area contributed by atoms with E-state index in [0.29, 0.717) is 33.8 Å². The van der Waals surface area contributed by atoms with Crippen molar-refractivity contribution >= 4 is 39.0 Å². The number of fused-ring (bicyclic) bond motifs is 1. The number of nitrogens with zero attached hydrogens (tertiary/aromatic N) is 3. The van der Waals surface area contributed by atoms with Crippen LogP contribution in [0.1, 0.15) is 45.0 Å². The second-order valence-electron chi connectivity index (χ2n) is 7.91. The van der Waals surface area contributed by atoms with Crippen LogP contribution in [0.15, 0.2) is 44.7 Å². The molecule has 0 bridgehead atoms. The van der Waals surface area contributed by atoms with Gasteiger partial charge in [0, 0.05) is 16.0 Å². The molecule has 3 rings (SSSR count). The molecule has 0 saturated carbocycles. The van der Waals surface area contributed by atoms with Crippen molar-refractivity contribution in [3.05, 3.63) is 56.5 Å². The van der Waals surface area contributed by atoms with Gasteiger partial charge in [-0.05, 0) is 44.2 Å². The molecule has 0 spiro atoms. The highest BCUT2D eigenvalue weighted by Gasteiger charge is 2.22. The van der Waals surface area contributed by atoms with Gasteiger partial charge in [0.1, 0.15) is 5.82 Å². The third-order valence-electron chi connectivity index (χ3n) is 5.07. The summed E-state index contributed by atoms with van der Waals surface area (Å²) in [5, 5.41) is 4.90. The molecule has 3 aromatic rings. The van der Waals surface area contributed by atoms with E-state index < -0.39 is 12.1 Å². The topological polar surface area (TPSA) is 101 Å². The standard InChI is InChI=1S/C25H28BrN3O6/c1-7-34-25(31)15(4)35-22-20(32-5)10-16(11-21(22)33-6)13-27-29-23(14(2)3)28-19-9-8-17(26)12-18(19)24(29)30/h8-15H,7H2,1-6H3/t15-/m0/s1. The molecular weight excluding hydrogens is 518 g/mol. The van der Waals surface area contributed by atoms with Crippen molar-refractivity contribution in [3.63, 3.8) is 0 Å². The van der Waals surface area contributed by atoms with E-state index >= 15 is 0 Å². The maximum atomic E-state index is 13.2. The summed E-state index contributed by atoms with van der Waals surface area (Å²) in [5.41, 5.74) is 0.915. The Labute approximate surface area is 211 Å². The number of rotatable bonds is 9. The number of carbonyl (C=O) groups is 1. The molecule has 1 aromatic heterocycles. The normalized spacial score (nSPS) is 12.2. The van der Waals surface area contributed by atoms with Crippen molar-refractivity contribution in [1.82, 2.24) is 9.66 Å². The van der Waals surface area contributed by atoms with Crippen molar-refractivity contribution in [1.29, 1.82) is 0 Å². The first-order valence-corrected chi connectivity index (χ1v) is 11.8. The number of esters is 1. The highest BCUT2D eigenvalue weighted by molar-refractivity contribution is 9.10. The molecule has 0 aliphatic carbocycles. The first-order chi connectivity index (χ1) is 16.7. The summed E-state index contributed by atoms with van der Waals surface area (Å²) in [4.78, 5) is 29.9. The fourth-order valence-electron chi connectivity index (χ4n) is 3.35. The van der Waals surface area contributed by atoms with E-state index in [2.05, 4.69) is 26.0 Å². The van der Waals surface area contributed by atoms with Gasteiger partial charge in [-0.3, -0.25) is 4.79 Å². The van der Waals surface area contributed by atoms with Crippen LogP contribution in [-0.4, -0.2) is 48.8 Å². The molecule has 0 radical (unpaired) electrons. The SMILES string of the molecule is CCOC(=O)[C@H](C)Oc1c(OC)cc(C=Nn2c(C(C)C)nc3ccc(Br)cc3c2=O)cc1OC. The fourth-order valence-corrected chi connectivity index (χ4v) is 3.71. The van der Waals surface area contributed by atoms with Crippen LogP contribution in [0.4, 0.5) is 0 Å². The predicted molar refractivity (Wildman–Crippen MR) is 137 cm³/mol. The summed E-state index contributed by atoms with van der Waals surface area (Å²) in [7, 11) is 2.95. The summed E-state index contributed by atoms with van der Waals surface area (Å²) in [5.74, 6) is 0.904. The first kappa shape index (κ1) is 26.2. The van der Waals surface area contributed by atoms with Gasteiger partial charge in [0.25, 0.3) is 5.56 Å². The van der Waals surface area contributed by atoms with E-state index in [9.17, 15) is 9.59 Å². The van der Waals surface area contributed by atoms with Gasteiger partial charge < -0.3 is 18.9 Å². The third-order valence-corrected chi connectivity index (χ3v) is 5.56. The zero-order valence-electron chi connectivity index (χ0n) is 20.5. The molecule has 10 heteroatoms. The van der Waals surface area contributed by atoms with Crippen LogP contribution >= 0.6 is 15.9 Å². The Hall–Kier alpha value is -3.40. The number of ether oxygens (including phenoxy) is 4. The fraction of sp³-hybridized carbons (Fsp3) is 0.360. The van der Waals surface area contributed by atoms with Crippen LogP contribution in [0.25, 0.3) is 10.9 Å². The molecule has 0 amide bonds. The quantitative estimate of drug-likeness (QED) is 0.288. The number of methoxy groups -OCH3 is 2. The number of carbonyl (C=O) groups excluding carboxylic acids is 1. The van der Waals surface area contributed by atoms with E-state index in [0.717, 1.165) is 4.47 Å². The average molecular weight is 546 g/mol. The van der Waals surface area contributed by atoms with Gasteiger partial charge in [-0.15, -0.1) is 0 Å². The molecule has 0 aliphatic rings. The third kappa shape index (κ3) is 5.82. The lowest BCUT2D eigenvalue weighted by atomic mass is 10.2. The number of hydrogen-bond acceptors (Lipinski definition) is 8. The van der Waals surface area contributed by atoms with E-state index in [-0.39, 0.29) is 23.8 Å². The van der Waals surface area contributed by atoms with Crippen LogP contribution in [0.5, 0.6) is 17.2 Å². The zero-order chi connectivity index (χ0) is 25.7. The van der Waals surface area contributed by atoms with E-state index in [4.69, 9.17) is 18.9 Å². The lowest BCUT2D eigenvalue weighted by Gasteiger charge is -2.18.